The molecule has 0 heterocycles. The topological polar surface area (TPSA) is 66.5 Å². The predicted octanol–water partition coefficient (Wildman–Crippen LogP) is 5.34. The van der Waals surface area contributed by atoms with E-state index in [0.29, 0.717) is 37.0 Å². The fourth-order valence-corrected chi connectivity index (χ4v) is 2.90. The summed E-state index contributed by atoms with van der Waals surface area (Å²) in [4.78, 5) is 37.4. The minimum absolute atomic E-state index is 0.178. The summed E-state index contributed by atoms with van der Waals surface area (Å²) < 4.78 is 0. The second-order valence-electron chi connectivity index (χ2n) is 6.55. The van der Waals surface area contributed by atoms with E-state index in [2.05, 4.69) is 12.2 Å². The molecule has 1 aromatic rings. The lowest BCUT2D eigenvalue weighted by Crippen LogP contribution is -2.35. The fourth-order valence-electron chi connectivity index (χ4n) is 2.90. The molecule has 1 rings (SSSR count). The van der Waals surface area contributed by atoms with E-state index < -0.39 is 0 Å². The number of unbranched alkanes of at least 4 members (excludes halogenated alkanes) is 4. The maximum atomic E-state index is 12.5. The molecular formula is C23H38N2O3. The molecule has 0 saturated heterocycles. The monoisotopic (exact) mass is 390 g/mol. The number of carbonyl (C=O) groups excluding carboxylic acids is 3. The molecule has 1 N–H and O–H groups in total. The van der Waals surface area contributed by atoms with Crippen LogP contribution in [0.3, 0.4) is 0 Å². The van der Waals surface area contributed by atoms with Crippen LogP contribution < -0.4 is 10.2 Å². The largest absolute Gasteiger partial charge is 0.352 e. The first-order chi connectivity index (χ1) is 13.6. The van der Waals surface area contributed by atoms with Crippen LogP contribution in [0.5, 0.6) is 0 Å². The van der Waals surface area contributed by atoms with Crippen LogP contribution in [0.15, 0.2) is 24.3 Å². The van der Waals surface area contributed by atoms with Gasteiger partial charge in [0.05, 0.1) is 5.69 Å². The summed E-state index contributed by atoms with van der Waals surface area (Å²) in [6.45, 7) is 10.7. The van der Waals surface area contributed by atoms with Crippen molar-refractivity contribution in [3.63, 3.8) is 0 Å². The molecule has 1 aromatic carbocycles. The van der Waals surface area contributed by atoms with Gasteiger partial charge in [-0.25, -0.2) is 0 Å². The number of anilines is 1. The number of benzene rings is 1. The van der Waals surface area contributed by atoms with Gasteiger partial charge in [-0.2, -0.15) is 0 Å². The number of nitrogens with one attached hydrogen (secondary N) is 1. The first-order valence-corrected chi connectivity index (χ1v) is 10.8. The van der Waals surface area contributed by atoms with Crippen molar-refractivity contribution in [1.82, 2.24) is 5.32 Å². The van der Waals surface area contributed by atoms with Crippen molar-refractivity contribution in [3.8, 4) is 0 Å². The first-order valence-electron chi connectivity index (χ1n) is 10.8. The van der Waals surface area contributed by atoms with Crippen LogP contribution in [0.4, 0.5) is 5.69 Å². The van der Waals surface area contributed by atoms with Crippen LogP contribution in [-0.2, 0) is 9.59 Å². The van der Waals surface area contributed by atoms with Crippen LogP contribution in [-0.4, -0.2) is 24.8 Å². The van der Waals surface area contributed by atoms with Crippen LogP contribution >= 0.6 is 0 Å². The Labute approximate surface area is 170 Å². The minimum atomic E-state index is -0.224. The maximum absolute atomic E-state index is 12.5. The summed E-state index contributed by atoms with van der Waals surface area (Å²) in [5.41, 5.74) is 0.896. The Balaban J connectivity index is 0.00000352. The third kappa shape index (κ3) is 8.68. The van der Waals surface area contributed by atoms with Gasteiger partial charge in [-0.15, -0.1) is 0 Å². The lowest BCUT2D eigenvalue weighted by Gasteiger charge is -2.21. The van der Waals surface area contributed by atoms with Crippen molar-refractivity contribution in [1.29, 1.82) is 0 Å². The molecule has 0 bridgehead atoms. The maximum Gasteiger partial charge on any atom is 0.251 e. The van der Waals surface area contributed by atoms with Crippen molar-refractivity contribution in [2.45, 2.75) is 79.6 Å². The normalized spacial score (nSPS) is 10.1. The molecule has 0 radical (unpaired) electrons. The van der Waals surface area contributed by atoms with Gasteiger partial charge in [-0.1, -0.05) is 66.4 Å². The van der Waals surface area contributed by atoms with Gasteiger partial charge < -0.3 is 5.32 Å². The SMILES string of the molecule is CC.CCCCCCCNC(=O)c1cccc(N(C=O)C(=O)C(CC)CC)c1. The van der Waals surface area contributed by atoms with Gasteiger partial charge in [0.15, 0.2) is 0 Å². The molecule has 0 fully saturated rings. The zero-order valence-corrected chi connectivity index (χ0v) is 18.3. The van der Waals surface area contributed by atoms with Crippen LogP contribution in [0, 0.1) is 5.92 Å². The van der Waals surface area contributed by atoms with Crippen LogP contribution in [0.1, 0.15) is 89.9 Å². The predicted molar refractivity (Wildman–Crippen MR) is 117 cm³/mol. The molecule has 3 amide bonds. The fraction of sp³-hybridized carbons (Fsp3) is 0.609. The summed E-state index contributed by atoms with van der Waals surface area (Å²) in [7, 11) is 0. The number of rotatable bonds is 12. The second kappa shape index (κ2) is 15.8. The Bertz CT molecular complexity index is 583. The highest BCUT2D eigenvalue weighted by Gasteiger charge is 2.23. The summed E-state index contributed by atoms with van der Waals surface area (Å²) in [6.07, 6.45) is 7.57. The van der Waals surface area contributed by atoms with Gasteiger partial charge in [0.2, 0.25) is 12.3 Å². The molecule has 0 aliphatic carbocycles. The Hall–Kier alpha value is -2.17. The second-order valence-corrected chi connectivity index (χ2v) is 6.55. The zero-order valence-electron chi connectivity index (χ0n) is 18.3. The number of carbonyl (C=O) groups is 3. The standard InChI is InChI=1S/C21H32N2O3.C2H6/c1-4-7-8-9-10-14-22-20(25)18-12-11-13-19(15-18)23(16-24)21(26)17(5-2)6-3;1-2/h11-13,15-17H,4-10,14H2,1-3H3,(H,22,25);1-2H3. The number of hydrogen-bond acceptors (Lipinski definition) is 3. The van der Waals surface area contributed by atoms with Crippen molar-refractivity contribution < 1.29 is 14.4 Å². The zero-order chi connectivity index (χ0) is 21.4. The average molecular weight is 391 g/mol. The molecule has 0 unspecified atom stereocenters. The Morgan fingerprint density at radius 3 is 2.25 bits per heavy atom. The van der Waals surface area contributed by atoms with Crippen molar-refractivity contribution in [2.24, 2.45) is 5.92 Å². The molecule has 0 atom stereocenters. The van der Waals surface area contributed by atoms with E-state index in [-0.39, 0.29) is 17.7 Å². The van der Waals surface area contributed by atoms with E-state index in [1.165, 1.54) is 19.3 Å². The van der Waals surface area contributed by atoms with Crippen molar-refractivity contribution in [2.75, 3.05) is 11.4 Å². The van der Waals surface area contributed by atoms with Gasteiger partial charge in [-0.05, 0) is 37.5 Å². The number of amides is 3. The molecule has 0 aliphatic rings. The number of hydrogen-bond donors (Lipinski definition) is 1. The lowest BCUT2D eigenvalue weighted by molar-refractivity contribution is -0.125. The van der Waals surface area contributed by atoms with E-state index >= 15 is 0 Å². The molecule has 158 valence electrons. The van der Waals surface area contributed by atoms with Gasteiger partial charge in [0.1, 0.15) is 0 Å². The minimum Gasteiger partial charge on any atom is -0.352 e. The molecule has 28 heavy (non-hydrogen) atoms. The summed E-state index contributed by atoms with van der Waals surface area (Å²) in [6, 6.07) is 6.67. The van der Waals surface area contributed by atoms with Gasteiger partial charge >= 0.3 is 0 Å². The molecule has 0 saturated carbocycles. The Morgan fingerprint density at radius 2 is 1.68 bits per heavy atom. The van der Waals surface area contributed by atoms with E-state index in [1.54, 1.807) is 24.3 Å². The Morgan fingerprint density at radius 1 is 1.04 bits per heavy atom. The van der Waals surface area contributed by atoms with E-state index in [9.17, 15) is 14.4 Å². The summed E-state index contributed by atoms with van der Waals surface area (Å²) >= 11 is 0. The molecular weight excluding hydrogens is 352 g/mol. The van der Waals surface area contributed by atoms with Crippen LogP contribution in [0.25, 0.3) is 0 Å². The first kappa shape index (κ1) is 25.8. The molecule has 0 aromatic heterocycles. The smallest absolute Gasteiger partial charge is 0.251 e. The molecule has 0 aliphatic heterocycles. The summed E-state index contributed by atoms with van der Waals surface area (Å²) in [5, 5.41) is 2.90. The number of nitrogens with zero attached hydrogens (tertiary/aromatic N) is 1. The van der Waals surface area contributed by atoms with Crippen molar-refractivity contribution >= 4 is 23.9 Å². The molecule has 5 nitrogen and oxygen atoms in total. The van der Waals surface area contributed by atoms with Crippen LogP contribution in [0.2, 0.25) is 0 Å². The van der Waals surface area contributed by atoms with E-state index in [0.717, 1.165) is 17.7 Å². The van der Waals surface area contributed by atoms with E-state index in [4.69, 9.17) is 0 Å². The van der Waals surface area contributed by atoms with Gasteiger partial charge in [-0.3, -0.25) is 19.3 Å². The van der Waals surface area contributed by atoms with Gasteiger partial charge in [0.25, 0.3) is 5.91 Å². The quantitative estimate of drug-likeness (QED) is 0.387. The lowest BCUT2D eigenvalue weighted by atomic mass is 10.0. The summed E-state index contributed by atoms with van der Waals surface area (Å²) in [5.74, 6) is -0.595. The highest BCUT2D eigenvalue weighted by molar-refractivity contribution is 6.08. The molecule has 0 spiro atoms. The highest BCUT2D eigenvalue weighted by Crippen LogP contribution is 2.20. The highest BCUT2D eigenvalue weighted by atomic mass is 16.2. The average Bonchev–Trinajstić information content (AvgIpc) is 2.73. The number of imide groups is 1. The van der Waals surface area contributed by atoms with Crippen molar-refractivity contribution in [3.05, 3.63) is 29.8 Å². The Kier molecular flexibility index (Phi) is 14.6. The van der Waals surface area contributed by atoms with E-state index in [1.807, 2.05) is 27.7 Å². The third-order valence-electron chi connectivity index (χ3n) is 4.63. The van der Waals surface area contributed by atoms with Gasteiger partial charge in [0, 0.05) is 18.0 Å². The third-order valence-corrected chi connectivity index (χ3v) is 4.63. The molecule has 5 heteroatoms.